The highest BCUT2D eigenvalue weighted by Gasteiger charge is 2.20. The van der Waals surface area contributed by atoms with Crippen LogP contribution in [-0.4, -0.2) is 14.1 Å². The van der Waals surface area contributed by atoms with Gasteiger partial charge in [0.1, 0.15) is 5.65 Å². The molecule has 1 atom stereocenters. The fourth-order valence-corrected chi connectivity index (χ4v) is 6.08. The Morgan fingerprint density at radius 2 is 1.32 bits per heavy atom. The predicted molar refractivity (Wildman–Crippen MR) is 159 cm³/mol. The van der Waals surface area contributed by atoms with Crippen molar-refractivity contribution in [2.75, 3.05) is 0 Å². The van der Waals surface area contributed by atoms with Crippen molar-refractivity contribution in [3.05, 3.63) is 139 Å². The van der Waals surface area contributed by atoms with E-state index < -0.39 is 0 Å². The minimum Gasteiger partial charge on any atom is -0.308 e. The molecule has 3 heteroatoms. The zero-order chi connectivity index (χ0) is 25.1. The molecular formula is C35H25N3. The third-order valence-electron chi connectivity index (χ3n) is 7.82. The fourth-order valence-electron chi connectivity index (χ4n) is 6.08. The van der Waals surface area contributed by atoms with Crippen molar-refractivity contribution in [3.63, 3.8) is 0 Å². The minimum atomic E-state index is 0.400. The van der Waals surface area contributed by atoms with Gasteiger partial charge in [-0.1, -0.05) is 91.0 Å². The van der Waals surface area contributed by atoms with Gasteiger partial charge in [0.2, 0.25) is 0 Å². The Morgan fingerprint density at radius 3 is 2.13 bits per heavy atom. The summed E-state index contributed by atoms with van der Waals surface area (Å²) in [6.45, 7) is 0. The Bertz CT molecular complexity index is 2050. The lowest BCUT2D eigenvalue weighted by molar-refractivity contribution is 0.852. The van der Waals surface area contributed by atoms with Gasteiger partial charge in [0, 0.05) is 33.5 Å². The van der Waals surface area contributed by atoms with Gasteiger partial charge < -0.3 is 4.57 Å². The molecule has 8 rings (SSSR count). The maximum Gasteiger partial charge on any atom is 0.146 e. The van der Waals surface area contributed by atoms with Crippen LogP contribution in [-0.2, 0) is 0 Å². The second kappa shape index (κ2) is 8.32. The van der Waals surface area contributed by atoms with Gasteiger partial charge in [-0.05, 0) is 54.4 Å². The number of nitrogens with zero attached hydrogens (tertiary/aromatic N) is 3. The van der Waals surface area contributed by atoms with Crippen molar-refractivity contribution in [2.24, 2.45) is 0 Å². The standard InChI is InChI=1S/C35H25N3/c1-3-12-24(13-4-1)25-14-11-17-27(22-25)38-31-20-9-7-18-28(31)30-23-33-34(36-35(30)38)29-19-8-10-21-32(29)37(33)26-15-5-2-6-16-26/h1-12,14-24H,13H2. The number of para-hydroxylation sites is 3. The van der Waals surface area contributed by atoms with Gasteiger partial charge in [-0.2, -0.15) is 0 Å². The average Bonchev–Trinajstić information content (AvgIpc) is 3.49. The van der Waals surface area contributed by atoms with E-state index in [1.165, 1.54) is 27.4 Å². The van der Waals surface area contributed by atoms with E-state index in [-0.39, 0.29) is 0 Å². The SMILES string of the molecule is C1=CCC(c2cccc(-n3c4ccccc4c4cc5c(nc43)c3ccccc3n5-c3ccccc3)c2)C=C1. The molecule has 1 aliphatic carbocycles. The molecule has 3 aromatic heterocycles. The number of hydrogen-bond donors (Lipinski definition) is 0. The molecule has 0 bridgehead atoms. The molecule has 3 nitrogen and oxygen atoms in total. The normalized spacial score (nSPS) is 15.3. The number of pyridine rings is 1. The number of rotatable bonds is 3. The molecule has 0 N–H and O–H groups in total. The Labute approximate surface area is 220 Å². The van der Waals surface area contributed by atoms with E-state index in [1.54, 1.807) is 0 Å². The first kappa shape index (κ1) is 21.2. The van der Waals surface area contributed by atoms with Crippen LogP contribution in [0, 0.1) is 0 Å². The van der Waals surface area contributed by atoms with Crippen molar-refractivity contribution < 1.29 is 0 Å². The van der Waals surface area contributed by atoms with Crippen LogP contribution in [0.2, 0.25) is 0 Å². The Morgan fingerprint density at radius 1 is 0.579 bits per heavy atom. The first-order valence-electron chi connectivity index (χ1n) is 13.2. The molecule has 0 aliphatic heterocycles. The van der Waals surface area contributed by atoms with Crippen LogP contribution in [0.1, 0.15) is 17.9 Å². The van der Waals surface area contributed by atoms with Crippen molar-refractivity contribution in [3.8, 4) is 11.4 Å². The Balaban J connectivity index is 1.46. The molecule has 0 saturated heterocycles. The van der Waals surface area contributed by atoms with E-state index >= 15 is 0 Å². The van der Waals surface area contributed by atoms with Crippen LogP contribution in [0.15, 0.2) is 133 Å². The van der Waals surface area contributed by atoms with Crippen molar-refractivity contribution in [1.82, 2.24) is 14.1 Å². The molecule has 4 aromatic carbocycles. The zero-order valence-corrected chi connectivity index (χ0v) is 20.8. The van der Waals surface area contributed by atoms with Crippen LogP contribution in [0.3, 0.4) is 0 Å². The topological polar surface area (TPSA) is 22.8 Å². The minimum absolute atomic E-state index is 0.400. The number of allylic oxidation sites excluding steroid dienone is 4. The molecule has 0 spiro atoms. The molecule has 3 heterocycles. The first-order chi connectivity index (χ1) is 18.9. The molecule has 1 unspecified atom stereocenters. The highest BCUT2D eigenvalue weighted by Crippen LogP contribution is 2.38. The molecule has 0 saturated carbocycles. The second-order valence-electron chi connectivity index (χ2n) is 10.0. The molecule has 38 heavy (non-hydrogen) atoms. The lowest BCUT2D eigenvalue weighted by Gasteiger charge is -2.15. The number of benzene rings is 4. The van der Waals surface area contributed by atoms with Gasteiger partial charge in [0.05, 0.1) is 22.1 Å². The summed E-state index contributed by atoms with van der Waals surface area (Å²) in [5.74, 6) is 0.400. The summed E-state index contributed by atoms with van der Waals surface area (Å²) in [5, 5.41) is 3.55. The van der Waals surface area contributed by atoms with Crippen molar-refractivity contribution in [1.29, 1.82) is 0 Å². The molecular weight excluding hydrogens is 462 g/mol. The van der Waals surface area contributed by atoms with Crippen LogP contribution in [0.25, 0.3) is 55.2 Å². The lowest BCUT2D eigenvalue weighted by atomic mass is 9.92. The largest absolute Gasteiger partial charge is 0.308 e. The molecule has 0 radical (unpaired) electrons. The Kier molecular flexibility index (Phi) is 4.65. The van der Waals surface area contributed by atoms with Gasteiger partial charge in [-0.25, -0.2) is 4.98 Å². The highest BCUT2D eigenvalue weighted by molar-refractivity contribution is 6.15. The maximum atomic E-state index is 5.42. The van der Waals surface area contributed by atoms with Gasteiger partial charge in [0.25, 0.3) is 0 Å². The van der Waals surface area contributed by atoms with E-state index in [0.29, 0.717) is 5.92 Å². The quantitative estimate of drug-likeness (QED) is 0.244. The lowest BCUT2D eigenvalue weighted by Crippen LogP contribution is -2.00. The van der Waals surface area contributed by atoms with Gasteiger partial charge in [-0.15, -0.1) is 0 Å². The smallest absolute Gasteiger partial charge is 0.146 e. The summed E-state index contributed by atoms with van der Waals surface area (Å²) >= 11 is 0. The summed E-state index contributed by atoms with van der Waals surface area (Å²) in [4.78, 5) is 5.42. The molecule has 7 aromatic rings. The van der Waals surface area contributed by atoms with Crippen LogP contribution in [0.4, 0.5) is 0 Å². The third-order valence-corrected chi connectivity index (χ3v) is 7.82. The third kappa shape index (κ3) is 3.12. The number of aromatic nitrogens is 3. The van der Waals surface area contributed by atoms with Gasteiger partial charge in [-0.3, -0.25) is 4.57 Å². The van der Waals surface area contributed by atoms with Gasteiger partial charge >= 0.3 is 0 Å². The fraction of sp³-hybridized carbons (Fsp3) is 0.0571. The van der Waals surface area contributed by atoms with Crippen molar-refractivity contribution >= 4 is 43.9 Å². The average molecular weight is 488 g/mol. The molecule has 0 amide bonds. The second-order valence-corrected chi connectivity index (χ2v) is 10.0. The monoisotopic (exact) mass is 487 g/mol. The Hall–Kier alpha value is -4.89. The van der Waals surface area contributed by atoms with Crippen molar-refractivity contribution in [2.45, 2.75) is 12.3 Å². The molecule has 1 aliphatic rings. The van der Waals surface area contributed by atoms with Crippen LogP contribution >= 0.6 is 0 Å². The van der Waals surface area contributed by atoms with E-state index in [4.69, 9.17) is 4.98 Å². The van der Waals surface area contributed by atoms with E-state index in [2.05, 4.69) is 143 Å². The van der Waals surface area contributed by atoms with Crippen LogP contribution in [0.5, 0.6) is 0 Å². The van der Waals surface area contributed by atoms with Crippen LogP contribution < -0.4 is 0 Å². The maximum absolute atomic E-state index is 5.42. The first-order valence-corrected chi connectivity index (χ1v) is 13.2. The van der Waals surface area contributed by atoms with E-state index in [0.717, 1.165) is 39.9 Å². The summed E-state index contributed by atoms with van der Waals surface area (Å²) in [7, 11) is 0. The predicted octanol–water partition coefficient (Wildman–Crippen LogP) is 8.88. The number of fused-ring (bicyclic) bond motifs is 6. The molecule has 180 valence electrons. The van der Waals surface area contributed by atoms with E-state index in [1.807, 2.05) is 0 Å². The molecule has 0 fully saturated rings. The summed E-state index contributed by atoms with van der Waals surface area (Å²) in [6.07, 6.45) is 9.87. The zero-order valence-electron chi connectivity index (χ0n) is 20.8. The summed E-state index contributed by atoms with van der Waals surface area (Å²) in [5.41, 5.74) is 9.11. The highest BCUT2D eigenvalue weighted by atomic mass is 15.1. The summed E-state index contributed by atoms with van der Waals surface area (Å²) < 4.78 is 4.68. The number of hydrogen-bond acceptors (Lipinski definition) is 1. The van der Waals surface area contributed by atoms with E-state index in [9.17, 15) is 0 Å². The van der Waals surface area contributed by atoms with Gasteiger partial charge in [0.15, 0.2) is 0 Å². The summed E-state index contributed by atoms with van der Waals surface area (Å²) in [6, 6.07) is 39.1.